The molecule has 1 saturated carbocycles. The van der Waals surface area contributed by atoms with Gasteiger partial charge < -0.3 is 4.90 Å². The molecule has 0 spiro atoms. The third-order valence-corrected chi connectivity index (χ3v) is 7.43. The molecule has 3 aliphatic rings. The summed E-state index contributed by atoms with van der Waals surface area (Å²) in [4.78, 5) is 16.3. The number of carbonyl (C=O) groups is 1. The van der Waals surface area contributed by atoms with Gasteiger partial charge >= 0.3 is 0 Å². The van der Waals surface area contributed by atoms with E-state index in [1.807, 2.05) is 4.90 Å². The van der Waals surface area contributed by atoms with Gasteiger partial charge in [-0.1, -0.05) is 61.0 Å². The highest BCUT2D eigenvalue weighted by molar-refractivity contribution is 5.69. The Labute approximate surface area is 180 Å². The Hall–Kier alpha value is -2.39. The summed E-state index contributed by atoms with van der Waals surface area (Å²) in [5.74, 6) is 0. The minimum Gasteiger partial charge on any atom is -0.338 e. The van der Waals surface area contributed by atoms with Crippen molar-refractivity contribution in [3.8, 4) is 0 Å². The Morgan fingerprint density at radius 2 is 1.77 bits per heavy atom. The molecule has 0 bridgehead atoms. The first-order valence-electron chi connectivity index (χ1n) is 11.6. The molecule has 1 amide bonds. The van der Waals surface area contributed by atoms with E-state index in [0.29, 0.717) is 6.54 Å². The molecule has 2 aromatic carbocycles. The van der Waals surface area contributed by atoms with Crippen LogP contribution in [0.15, 0.2) is 54.6 Å². The number of hydrogen-bond donors (Lipinski definition) is 0. The van der Waals surface area contributed by atoms with Crippen LogP contribution in [0, 0.1) is 0 Å². The number of carbonyl (C=O) groups excluding carboxylic acids is 1. The lowest BCUT2D eigenvalue weighted by Crippen LogP contribution is -2.41. The van der Waals surface area contributed by atoms with Gasteiger partial charge in [0.15, 0.2) is 0 Å². The van der Waals surface area contributed by atoms with Crippen LogP contribution in [0.4, 0.5) is 0 Å². The van der Waals surface area contributed by atoms with E-state index in [2.05, 4.69) is 59.5 Å². The molecule has 2 heterocycles. The summed E-state index contributed by atoms with van der Waals surface area (Å²) < 4.78 is 0. The normalized spacial score (nSPS) is 22.6. The fourth-order valence-electron chi connectivity index (χ4n) is 5.32. The van der Waals surface area contributed by atoms with Gasteiger partial charge in [-0.05, 0) is 66.4 Å². The third kappa shape index (κ3) is 4.09. The number of amides is 1. The second-order valence-corrected chi connectivity index (χ2v) is 9.18. The monoisotopic (exact) mass is 400 g/mol. The predicted octanol–water partition coefficient (Wildman–Crippen LogP) is 4.50. The second-order valence-electron chi connectivity index (χ2n) is 9.18. The first-order valence-corrected chi connectivity index (χ1v) is 11.6. The van der Waals surface area contributed by atoms with Crippen molar-refractivity contribution in [1.29, 1.82) is 0 Å². The lowest BCUT2D eigenvalue weighted by molar-refractivity contribution is -0.119. The van der Waals surface area contributed by atoms with Gasteiger partial charge in [0.1, 0.15) is 0 Å². The minimum atomic E-state index is 0.234. The van der Waals surface area contributed by atoms with Crippen LogP contribution < -0.4 is 0 Å². The lowest BCUT2D eigenvalue weighted by atomic mass is 9.89. The average Bonchev–Trinajstić information content (AvgIpc) is 2.95. The topological polar surface area (TPSA) is 23.6 Å². The van der Waals surface area contributed by atoms with E-state index in [0.717, 1.165) is 25.3 Å². The van der Waals surface area contributed by atoms with Gasteiger partial charge in [0.05, 0.1) is 0 Å². The highest BCUT2D eigenvalue weighted by Crippen LogP contribution is 2.31. The number of hydrogen-bond acceptors (Lipinski definition) is 2. The van der Waals surface area contributed by atoms with Gasteiger partial charge in [-0.15, -0.1) is 0 Å². The standard InChI is InChI=1S/C27H32N2O/c30-20-29-16-13-25(19-27(29)17-21-5-2-1-3-6-21)23-10-9-22-11-14-28(26-7-4-8-26)15-12-24(22)18-23/h1-3,5-6,9-10,13,18,20,26-27H,4,7-8,11-12,14-17,19H2. The second kappa shape index (κ2) is 8.77. The van der Waals surface area contributed by atoms with E-state index < -0.39 is 0 Å². The number of benzene rings is 2. The summed E-state index contributed by atoms with van der Waals surface area (Å²) >= 11 is 0. The molecule has 0 radical (unpaired) electrons. The molecule has 0 saturated heterocycles. The quantitative estimate of drug-likeness (QED) is 0.690. The summed E-state index contributed by atoms with van der Waals surface area (Å²) in [5.41, 5.74) is 7.12. The third-order valence-electron chi connectivity index (χ3n) is 7.43. The van der Waals surface area contributed by atoms with E-state index in [1.54, 1.807) is 0 Å². The van der Waals surface area contributed by atoms with Gasteiger partial charge in [0.25, 0.3) is 0 Å². The van der Waals surface area contributed by atoms with Gasteiger partial charge in [-0.2, -0.15) is 0 Å². The van der Waals surface area contributed by atoms with Crippen LogP contribution in [0.25, 0.3) is 5.57 Å². The molecule has 2 aliphatic heterocycles. The largest absolute Gasteiger partial charge is 0.338 e. The molecular weight excluding hydrogens is 368 g/mol. The lowest BCUT2D eigenvalue weighted by Gasteiger charge is -2.36. The molecule has 1 atom stereocenters. The van der Waals surface area contributed by atoms with Crippen molar-refractivity contribution in [2.45, 2.75) is 57.0 Å². The van der Waals surface area contributed by atoms with Crippen LogP contribution in [0.1, 0.15) is 47.9 Å². The van der Waals surface area contributed by atoms with Crippen LogP contribution >= 0.6 is 0 Å². The predicted molar refractivity (Wildman–Crippen MR) is 122 cm³/mol. The number of nitrogens with zero attached hydrogens (tertiary/aromatic N) is 2. The van der Waals surface area contributed by atoms with Crippen LogP contribution in [-0.2, 0) is 24.1 Å². The van der Waals surface area contributed by atoms with Crippen molar-refractivity contribution in [1.82, 2.24) is 9.80 Å². The molecule has 0 aromatic heterocycles. The average molecular weight is 401 g/mol. The fraction of sp³-hybridized carbons (Fsp3) is 0.444. The van der Waals surface area contributed by atoms with Gasteiger partial charge in [0.2, 0.25) is 6.41 Å². The van der Waals surface area contributed by atoms with Crippen LogP contribution in [0.2, 0.25) is 0 Å². The Bertz CT molecular complexity index is 916. The van der Waals surface area contributed by atoms with E-state index in [4.69, 9.17) is 0 Å². The molecule has 1 fully saturated rings. The first-order chi connectivity index (χ1) is 14.8. The molecule has 5 rings (SSSR count). The van der Waals surface area contributed by atoms with E-state index >= 15 is 0 Å². The van der Waals surface area contributed by atoms with Gasteiger partial charge in [-0.3, -0.25) is 9.69 Å². The molecule has 30 heavy (non-hydrogen) atoms. The first kappa shape index (κ1) is 19.6. The van der Waals surface area contributed by atoms with Crippen LogP contribution in [-0.4, -0.2) is 47.9 Å². The highest BCUT2D eigenvalue weighted by Gasteiger charge is 2.27. The molecule has 1 aliphatic carbocycles. The Kier molecular flexibility index (Phi) is 5.72. The van der Waals surface area contributed by atoms with Gasteiger partial charge in [0, 0.05) is 31.7 Å². The molecule has 3 heteroatoms. The molecule has 156 valence electrons. The summed E-state index contributed by atoms with van der Waals surface area (Å²) in [6.07, 6.45) is 11.7. The Morgan fingerprint density at radius 1 is 0.967 bits per heavy atom. The summed E-state index contributed by atoms with van der Waals surface area (Å²) in [6.45, 7) is 3.13. The van der Waals surface area contributed by atoms with Gasteiger partial charge in [-0.25, -0.2) is 0 Å². The maximum Gasteiger partial charge on any atom is 0.210 e. The van der Waals surface area contributed by atoms with Crippen molar-refractivity contribution < 1.29 is 4.79 Å². The zero-order valence-electron chi connectivity index (χ0n) is 17.8. The van der Waals surface area contributed by atoms with Crippen molar-refractivity contribution in [2.24, 2.45) is 0 Å². The summed E-state index contributed by atoms with van der Waals surface area (Å²) in [7, 11) is 0. The molecule has 0 N–H and O–H groups in total. The van der Waals surface area contributed by atoms with E-state index in [9.17, 15) is 4.79 Å². The van der Waals surface area contributed by atoms with E-state index in [1.165, 1.54) is 73.0 Å². The zero-order valence-corrected chi connectivity index (χ0v) is 17.8. The number of fused-ring (bicyclic) bond motifs is 1. The SMILES string of the molecule is O=CN1CC=C(c2ccc3c(c2)CCN(C2CCC2)CC3)CC1Cc1ccccc1. The summed E-state index contributed by atoms with van der Waals surface area (Å²) in [6, 6.07) is 18.8. The minimum absolute atomic E-state index is 0.234. The maximum atomic E-state index is 11.6. The highest BCUT2D eigenvalue weighted by atomic mass is 16.1. The Morgan fingerprint density at radius 3 is 2.50 bits per heavy atom. The number of rotatable bonds is 5. The zero-order chi connectivity index (χ0) is 20.3. The van der Waals surface area contributed by atoms with Crippen LogP contribution in [0.3, 0.4) is 0 Å². The maximum absolute atomic E-state index is 11.6. The van der Waals surface area contributed by atoms with Crippen molar-refractivity contribution in [2.75, 3.05) is 19.6 Å². The van der Waals surface area contributed by atoms with E-state index in [-0.39, 0.29) is 6.04 Å². The van der Waals surface area contributed by atoms with Crippen molar-refractivity contribution >= 4 is 12.0 Å². The molecule has 3 nitrogen and oxygen atoms in total. The van der Waals surface area contributed by atoms with Crippen molar-refractivity contribution in [3.05, 3.63) is 76.9 Å². The van der Waals surface area contributed by atoms with Crippen LogP contribution in [0.5, 0.6) is 0 Å². The fourth-order valence-corrected chi connectivity index (χ4v) is 5.32. The smallest absolute Gasteiger partial charge is 0.210 e. The molecular formula is C27H32N2O. The van der Waals surface area contributed by atoms with Crippen molar-refractivity contribution in [3.63, 3.8) is 0 Å². The molecule has 2 aromatic rings. The summed E-state index contributed by atoms with van der Waals surface area (Å²) in [5, 5.41) is 0. The molecule has 1 unspecified atom stereocenters. The Balaban J connectivity index is 1.32.